The number of carbonyl (C=O) groups is 7. The number of imide groups is 1. The second-order valence-corrected chi connectivity index (χ2v) is 11.7. The molecule has 3 atom stereocenters. The lowest BCUT2D eigenvalue weighted by atomic mass is 10.1. The van der Waals surface area contributed by atoms with Crippen LogP contribution in [0.4, 0.5) is 10.5 Å². The highest BCUT2D eigenvalue weighted by atomic mass is 16.5. The van der Waals surface area contributed by atoms with Gasteiger partial charge < -0.3 is 37.5 Å². The fraction of sp³-hybridized carbons (Fsp3) is 0.594. The molecule has 1 aliphatic heterocycles. The number of nitrogens with one attached hydrogen (secondary N) is 4. The molecule has 7 amide bonds. The number of anilines is 1. The van der Waals surface area contributed by atoms with Crippen molar-refractivity contribution in [1.82, 2.24) is 20.9 Å². The summed E-state index contributed by atoms with van der Waals surface area (Å²) in [6.07, 6.45) is 4.12. The van der Waals surface area contributed by atoms with Crippen molar-refractivity contribution in [2.75, 3.05) is 25.0 Å². The molecule has 1 unspecified atom stereocenters. The molecule has 1 heterocycles. The summed E-state index contributed by atoms with van der Waals surface area (Å²) in [7, 11) is 0. The van der Waals surface area contributed by atoms with Crippen LogP contribution in [0.1, 0.15) is 83.6 Å². The van der Waals surface area contributed by atoms with Gasteiger partial charge in [0, 0.05) is 44.5 Å². The van der Waals surface area contributed by atoms with E-state index in [1.165, 1.54) is 11.8 Å². The number of rotatable bonds is 21. The van der Waals surface area contributed by atoms with Crippen LogP contribution in [0.15, 0.2) is 24.3 Å². The first-order valence-electron chi connectivity index (χ1n) is 16.1. The van der Waals surface area contributed by atoms with E-state index in [1.807, 2.05) is 0 Å². The van der Waals surface area contributed by atoms with E-state index in [0.29, 0.717) is 63.7 Å². The Hall–Kier alpha value is -4.53. The highest BCUT2D eigenvalue weighted by molar-refractivity contribution is 6.03. The predicted octanol–water partition coefficient (Wildman–Crippen LogP) is 1.19. The van der Waals surface area contributed by atoms with Crippen LogP contribution in [-0.2, 0) is 40.1 Å². The van der Waals surface area contributed by atoms with Crippen LogP contribution < -0.4 is 32.7 Å². The van der Waals surface area contributed by atoms with E-state index in [0.717, 1.165) is 5.56 Å². The van der Waals surface area contributed by atoms with Crippen molar-refractivity contribution in [2.45, 2.75) is 96.7 Å². The standard InChI is InChI=1S/C32H49N7O8/c1-21-19-28(42)39(31(21)45)18-7-3-4-11-27(41)37-25(9-5-6-16-33)30(44)38-26(10-8-17-35-32(34)46)29(43)36-24-14-12-23(13-15-24)20-47-22(2)40/h12-15,21,25-26H,3-11,16-20,33H2,1-2H3,(H,36,43)(H,37,41)(H,38,44)(H3,34,35,46)/t21?,25-,26-/m0/s1. The molecule has 1 aliphatic rings. The van der Waals surface area contributed by atoms with Gasteiger partial charge in [0.05, 0.1) is 0 Å². The van der Waals surface area contributed by atoms with Gasteiger partial charge in [0.1, 0.15) is 18.7 Å². The molecular formula is C32H49N7O8. The topological polar surface area (TPSA) is 232 Å². The Labute approximate surface area is 275 Å². The lowest BCUT2D eigenvalue weighted by Gasteiger charge is -2.23. The summed E-state index contributed by atoms with van der Waals surface area (Å²) < 4.78 is 4.98. The van der Waals surface area contributed by atoms with Gasteiger partial charge in [0.15, 0.2) is 0 Å². The number of ether oxygens (including phenoxy) is 1. The van der Waals surface area contributed by atoms with Gasteiger partial charge in [-0.05, 0) is 69.2 Å². The maximum absolute atomic E-state index is 13.4. The first kappa shape index (κ1) is 38.7. The van der Waals surface area contributed by atoms with Crippen LogP contribution in [-0.4, -0.2) is 78.2 Å². The number of hydrogen-bond acceptors (Lipinski definition) is 9. The van der Waals surface area contributed by atoms with Crippen LogP contribution >= 0.6 is 0 Å². The quantitative estimate of drug-likeness (QED) is 0.0631. The maximum Gasteiger partial charge on any atom is 0.312 e. The van der Waals surface area contributed by atoms with Crippen molar-refractivity contribution in [3.63, 3.8) is 0 Å². The summed E-state index contributed by atoms with van der Waals surface area (Å²) in [6.45, 7) is 4.06. The Morgan fingerprint density at radius 1 is 0.915 bits per heavy atom. The van der Waals surface area contributed by atoms with Gasteiger partial charge in [-0.3, -0.25) is 33.7 Å². The van der Waals surface area contributed by atoms with Crippen molar-refractivity contribution in [1.29, 1.82) is 0 Å². The number of carbonyl (C=O) groups excluding carboxylic acids is 7. The van der Waals surface area contributed by atoms with E-state index in [9.17, 15) is 33.6 Å². The zero-order chi connectivity index (χ0) is 34.8. The molecule has 0 spiro atoms. The van der Waals surface area contributed by atoms with Crippen LogP contribution in [0.5, 0.6) is 0 Å². The number of esters is 1. The minimum Gasteiger partial charge on any atom is -0.461 e. The summed E-state index contributed by atoms with van der Waals surface area (Å²) in [5, 5.41) is 10.8. The molecule has 0 bridgehead atoms. The van der Waals surface area contributed by atoms with E-state index in [1.54, 1.807) is 31.2 Å². The number of likely N-dealkylation sites (tertiary alicyclic amines) is 1. The monoisotopic (exact) mass is 659 g/mol. The largest absolute Gasteiger partial charge is 0.461 e. The maximum atomic E-state index is 13.4. The zero-order valence-electron chi connectivity index (χ0n) is 27.3. The molecule has 47 heavy (non-hydrogen) atoms. The third kappa shape index (κ3) is 14.6. The molecule has 0 aliphatic carbocycles. The summed E-state index contributed by atoms with van der Waals surface area (Å²) in [5.41, 5.74) is 11.9. The molecule has 0 saturated carbocycles. The predicted molar refractivity (Wildman–Crippen MR) is 173 cm³/mol. The third-order valence-electron chi connectivity index (χ3n) is 7.62. The normalized spacial score (nSPS) is 15.5. The highest BCUT2D eigenvalue weighted by Gasteiger charge is 2.34. The number of nitrogens with zero attached hydrogens (tertiary/aromatic N) is 1. The second kappa shape index (κ2) is 20.6. The zero-order valence-corrected chi connectivity index (χ0v) is 27.3. The fourth-order valence-corrected chi connectivity index (χ4v) is 5.00. The van der Waals surface area contributed by atoms with Crippen molar-refractivity contribution < 1.29 is 38.3 Å². The molecule has 2 rings (SSSR count). The summed E-state index contributed by atoms with van der Waals surface area (Å²) in [5.74, 6) is -2.40. The number of amides is 7. The molecule has 8 N–H and O–H groups in total. The van der Waals surface area contributed by atoms with Gasteiger partial charge in [-0.1, -0.05) is 25.5 Å². The van der Waals surface area contributed by atoms with Gasteiger partial charge in [0.25, 0.3) is 0 Å². The van der Waals surface area contributed by atoms with E-state index < -0.39 is 35.9 Å². The van der Waals surface area contributed by atoms with Crippen molar-refractivity contribution in [3.05, 3.63) is 29.8 Å². The first-order chi connectivity index (χ1) is 22.4. The van der Waals surface area contributed by atoms with E-state index >= 15 is 0 Å². The Bertz CT molecular complexity index is 1240. The minimum atomic E-state index is -0.995. The summed E-state index contributed by atoms with van der Waals surface area (Å²) >= 11 is 0. The number of unbranched alkanes of at least 4 members (excludes halogenated alkanes) is 3. The first-order valence-corrected chi connectivity index (χ1v) is 16.1. The molecule has 1 aromatic rings. The molecule has 1 aromatic carbocycles. The number of nitrogens with two attached hydrogens (primary N) is 2. The van der Waals surface area contributed by atoms with Crippen LogP contribution in [0.3, 0.4) is 0 Å². The molecule has 260 valence electrons. The van der Waals surface area contributed by atoms with Crippen molar-refractivity contribution >= 4 is 47.2 Å². The summed E-state index contributed by atoms with van der Waals surface area (Å²) in [4.78, 5) is 87.0. The van der Waals surface area contributed by atoms with E-state index in [4.69, 9.17) is 16.2 Å². The number of primary amides is 1. The van der Waals surface area contributed by atoms with Gasteiger partial charge in [-0.15, -0.1) is 0 Å². The van der Waals surface area contributed by atoms with Crippen LogP contribution in [0.25, 0.3) is 0 Å². The summed E-state index contributed by atoms with van der Waals surface area (Å²) in [6, 6.07) is 4.05. The average Bonchev–Trinajstić information content (AvgIpc) is 3.26. The van der Waals surface area contributed by atoms with Gasteiger partial charge in [-0.2, -0.15) is 0 Å². The van der Waals surface area contributed by atoms with Crippen molar-refractivity contribution in [2.24, 2.45) is 17.4 Å². The molecule has 1 saturated heterocycles. The van der Waals surface area contributed by atoms with E-state index in [2.05, 4.69) is 21.3 Å². The molecule has 0 aromatic heterocycles. The molecular weight excluding hydrogens is 610 g/mol. The number of urea groups is 1. The fourth-order valence-electron chi connectivity index (χ4n) is 5.00. The lowest BCUT2D eigenvalue weighted by Crippen LogP contribution is -2.52. The lowest BCUT2D eigenvalue weighted by molar-refractivity contribution is -0.142. The molecule has 1 fully saturated rings. The SMILES string of the molecule is CC(=O)OCc1ccc(NC(=O)[C@H](CCCNC(N)=O)NC(=O)[C@H](CCCCN)NC(=O)CCCCCN2C(=O)CC(C)C2=O)cc1. The Morgan fingerprint density at radius 2 is 1.60 bits per heavy atom. The Morgan fingerprint density at radius 3 is 2.21 bits per heavy atom. The molecule has 15 heteroatoms. The average molecular weight is 660 g/mol. The Balaban J connectivity index is 1.98. The number of hydrogen-bond donors (Lipinski definition) is 6. The van der Waals surface area contributed by atoms with Crippen LogP contribution in [0, 0.1) is 5.92 Å². The van der Waals surface area contributed by atoms with E-state index in [-0.39, 0.29) is 56.1 Å². The molecule has 0 radical (unpaired) electrons. The van der Waals surface area contributed by atoms with Gasteiger partial charge in [-0.25, -0.2) is 4.79 Å². The molecule has 15 nitrogen and oxygen atoms in total. The second-order valence-electron chi connectivity index (χ2n) is 11.7. The van der Waals surface area contributed by atoms with Crippen LogP contribution in [0.2, 0.25) is 0 Å². The highest BCUT2D eigenvalue weighted by Crippen LogP contribution is 2.19. The van der Waals surface area contributed by atoms with Gasteiger partial charge in [0.2, 0.25) is 29.5 Å². The van der Waals surface area contributed by atoms with Gasteiger partial charge >= 0.3 is 12.0 Å². The Kier molecular flexibility index (Phi) is 16.9. The smallest absolute Gasteiger partial charge is 0.312 e. The van der Waals surface area contributed by atoms with Crippen molar-refractivity contribution in [3.8, 4) is 0 Å². The number of benzene rings is 1. The third-order valence-corrected chi connectivity index (χ3v) is 7.62. The minimum absolute atomic E-state index is 0.0896.